The second-order valence-corrected chi connectivity index (χ2v) is 8.15. The molecule has 0 bridgehead atoms. The topological polar surface area (TPSA) is 54.5 Å². The maximum atomic E-state index is 12.3. The molecular weight excluding hydrogens is 409 g/mol. The van der Waals surface area contributed by atoms with E-state index in [1.807, 2.05) is 36.4 Å². The number of aromatic nitrogens is 1. The van der Waals surface area contributed by atoms with Gasteiger partial charge >= 0.3 is 0 Å². The Bertz CT molecular complexity index is 796. The molecule has 1 N–H and O–H groups in total. The van der Waals surface area contributed by atoms with Gasteiger partial charge in [-0.1, -0.05) is 41.4 Å². The lowest BCUT2D eigenvalue weighted by atomic mass is 9.87. The van der Waals surface area contributed by atoms with Gasteiger partial charge in [-0.2, -0.15) is 0 Å². The van der Waals surface area contributed by atoms with Gasteiger partial charge in [0.1, 0.15) is 0 Å². The number of piperidine rings is 1. The average molecular weight is 436 g/mol. The zero-order chi connectivity index (χ0) is 20.6. The third kappa shape index (κ3) is 6.16. The summed E-state index contributed by atoms with van der Waals surface area (Å²) in [6.45, 7) is 3.07. The highest BCUT2D eigenvalue weighted by atomic mass is 35.5. The van der Waals surface area contributed by atoms with Gasteiger partial charge in [0.2, 0.25) is 5.91 Å². The van der Waals surface area contributed by atoms with Gasteiger partial charge in [-0.15, -0.1) is 0 Å². The fraction of sp³-hybridized carbons (Fsp3) is 0.455. The van der Waals surface area contributed by atoms with Crippen LogP contribution in [0.4, 0.5) is 0 Å². The van der Waals surface area contributed by atoms with Gasteiger partial charge in [-0.05, 0) is 55.6 Å². The van der Waals surface area contributed by atoms with Gasteiger partial charge in [0.05, 0.1) is 28.4 Å². The first-order chi connectivity index (χ1) is 14.1. The number of hydrogen-bond acceptors (Lipinski definition) is 4. The minimum atomic E-state index is -0.0857. The Labute approximate surface area is 182 Å². The third-order valence-corrected chi connectivity index (χ3v) is 6.24. The fourth-order valence-corrected chi connectivity index (χ4v) is 4.17. The number of carbonyl (C=O) groups is 1. The highest BCUT2D eigenvalue weighted by molar-refractivity contribution is 6.42. The molecule has 2 aromatic rings. The molecular formula is C22H27Cl2N3O2. The Kier molecular flexibility index (Phi) is 8.30. The van der Waals surface area contributed by atoms with Crippen molar-refractivity contribution in [3.05, 3.63) is 63.9 Å². The molecule has 7 heteroatoms. The normalized spacial score (nSPS) is 16.5. The summed E-state index contributed by atoms with van der Waals surface area (Å²) in [4.78, 5) is 19.2. The van der Waals surface area contributed by atoms with Crippen LogP contribution in [0.25, 0.3) is 0 Å². The van der Waals surface area contributed by atoms with Gasteiger partial charge in [-0.3, -0.25) is 14.7 Å². The van der Waals surface area contributed by atoms with Crippen LogP contribution in [0.5, 0.6) is 0 Å². The number of nitrogens with zero attached hydrogens (tertiary/aromatic N) is 2. The molecule has 0 radical (unpaired) electrons. The van der Waals surface area contributed by atoms with Crippen molar-refractivity contribution in [2.45, 2.75) is 31.8 Å². The predicted octanol–water partition coefficient (Wildman–Crippen LogP) is 4.49. The van der Waals surface area contributed by atoms with Crippen LogP contribution < -0.4 is 5.32 Å². The number of halogens is 2. The quantitative estimate of drug-likeness (QED) is 0.663. The molecule has 1 aromatic heterocycles. The first kappa shape index (κ1) is 22.0. The number of likely N-dealkylation sites (tertiary alicyclic amines) is 1. The summed E-state index contributed by atoms with van der Waals surface area (Å²) >= 11 is 12.5. The second kappa shape index (κ2) is 10.9. The Morgan fingerprint density at radius 2 is 2.03 bits per heavy atom. The van der Waals surface area contributed by atoms with E-state index in [2.05, 4.69) is 15.2 Å². The number of methoxy groups -OCH3 is 1. The molecule has 0 spiro atoms. The molecule has 1 aliphatic rings. The smallest absolute Gasteiger partial charge is 0.222 e. The number of rotatable bonds is 8. The van der Waals surface area contributed by atoms with Crippen molar-refractivity contribution in [3.63, 3.8) is 0 Å². The number of pyridine rings is 1. The Morgan fingerprint density at radius 1 is 1.24 bits per heavy atom. The van der Waals surface area contributed by atoms with Crippen molar-refractivity contribution < 1.29 is 9.53 Å². The minimum Gasteiger partial charge on any atom is -0.384 e. The van der Waals surface area contributed by atoms with Crippen LogP contribution >= 0.6 is 23.2 Å². The number of carbonyl (C=O) groups excluding carboxylic acids is 1. The molecule has 5 nitrogen and oxygen atoms in total. The van der Waals surface area contributed by atoms with Crippen LogP contribution in [0.1, 0.15) is 36.6 Å². The summed E-state index contributed by atoms with van der Waals surface area (Å²) in [5.74, 6) is 0.332. The highest BCUT2D eigenvalue weighted by Crippen LogP contribution is 2.32. The van der Waals surface area contributed by atoms with Crippen LogP contribution in [0, 0.1) is 5.92 Å². The van der Waals surface area contributed by atoms with Crippen LogP contribution in [-0.2, 0) is 16.1 Å². The Morgan fingerprint density at radius 3 is 2.72 bits per heavy atom. The first-order valence-electron chi connectivity index (χ1n) is 9.93. The summed E-state index contributed by atoms with van der Waals surface area (Å²) in [6.07, 6.45) is 4.08. The summed E-state index contributed by atoms with van der Waals surface area (Å²) in [5, 5.41) is 4.40. The molecule has 0 saturated carbocycles. The van der Waals surface area contributed by atoms with E-state index in [1.54, 1.807) is 13.3 Å². The van der Waals surface area contributed by atoms with E-state index >= 15 is 0 Å². The molecule has 1 amide bonds. The van der Waals surface area contributed by atoms with Gasteiger partial charge in [0, 0.05) is 26.3 Å². The molecule has 156 valence electrons. The van der Waals surface area contributed by atoms with Crippen LogP contribution in [-0.4, -0.2) is 42.6 Å². The van der Waals surface area contributed by atoms with Gasteiger partial charge in [-0.25, -0.2) is 0 Å². The summed E-state index contributed by atoms with van der Waals surface area (Å²) < 4.78 is 5.03. The molecule has 1 atom stereocenters. The van der Waals surface area contributed by atoms with Crippen LogP contribution in [0.15, 0.2) is 42.6 Å². The van der Waals surface area contributed by atoms with Crippen molar-refractivity contribution in [1.29, 1.82) is 0 Å². The van der Waals surface area contributed by atoms with Crippen molar-refractivity contribution in [1.82, 2.24) is 15.2 Å². The summed E-state index contributed by atoms with van der Waals surface area (Å²) in [5.41, 5.74) is 1.96. The van der Waals surface area contributed by atoms with E-state index in [0.29, 0.717) is 29.0 Å². The maximum Gasteiger partial charge on any atom is 0.222 e. The molecule has 2 heterocycles. The first-order valence-corrected chi connectivity index (χ1v) is 10.7. The lowest BCUT2D eigenvalue weighted by molar-refractivity contribution is -0.123. The van der Waals surface area contributed by atoms with Crippen molar-refractivity contribution in [2.75, 3.05) is 26.8 Å². The van der Waals surface area contributed by atoms with Gasteiger partial charge < -0.3 is 10.1 Å². The van der Waals surface area contributed by atoms with Gasteiger partial charge in [0.25, 0.3) is 0 Å². The molecule has 0 aliphatic carbocycles. The largest absolute Gasteiger partial charge is 0.384 e. The van der Waals surface area contributed by atoms with E-state index in [4.69, 9.17) is 27.9 Å². The highest BCUT2D eigenvalue weighted by Gasteiger charge is 2.29. The average Bonchev–Trinajstić information content (AvgIpc) is 2.75. The van der Waals surface area contributed by atoms with Crippen molar-refractivity contribution in [3.8, 4) is 0 Å². The standard InChI is InChI=1S/C22H27Cl2N3O2/c1-29-14-10-20(28)26-22(19-7-2-3-11-25-19)16-8-12-27(13-9-16)15-17-5-4-6-18(23)21(17)24/h2-7,11,16,22H,8-10,12-15H2,1H3,(H,26,28). The Balaban J connectivity index is 1.63. The molecule has 1 saturated heterocycles. The van der Waals surface area contributed by atoms with Gasteiger partial charge in [0.15, 0.2) is 0 Å². The molecule has 29 heavy (non-hydrogen) atoms. The number of nitrogens with one attached hydrogen (secondary N) is 1. The zero-order valence-corrected chi connectivity index (χ0v) is 18.1. The van der Waals surface area contributed by atoms with E-state index < -0.39 is 0 Å². The summed E-state index contributed by atoms with van der Waals surface area (Å²) in [6, 6.07) is 11.5. The lowest BCUT2D eigenvalue weighted by Gasteiger charge is -2.36. The zero-order valence-electron chi connectivity index (χ0n) is 16.6. The second-order valence-electron chi connectivity index (χ2n) is 7.37. The van der Waals surface area contributed by atoms with Crippen molar-refractivity contribution in [2.24, 2.45) is 5.92 Å². The van der Waals surface area contributed by atoms with E-state index in [9.17, 15) is 4.79 Å². The van der Waals surface area contributed by atoms with E-state index in [-0.39, 0.29) is 11.9 Å². The minimum absolute atomic E-state index is 0.00404. The SMILES string of the molecule is COCCC(=O)NC(c1ccccn1)C1CCN(Cc2cccc(Cl)c2Cl)CC1. The van der Waals surface area contributed by atoms with E-state index in [1.165, 1.54) is 0 Å². The fourth-order valence-electron chi connectivity index (χ4n) is 3.79. The molecule has 1 unspecified atom stereocenters. The monoisotopic (exact) mass is 435 g/mol. The molecule has 3 rings (SSSR count). The van der Waals surface area contributed by atoms with Crippen LogP contribution in [0.3, 0.4) is 0 Å². The maximum absolute atomic E-state index is 12.3. The predicted molar refractivity (Wildman–Crippen MR) is 116 cm³/mol. The number of hydrogen-bond donors (Lipinski definition) is 1. The Hall–Kier alpha value is -1.66. The number of benzene rings is 1. The van der Waals surface area contributed by atoms with Crippen molar-refractivity contribution >= 4 is 29.1 Å². The number of ether oxygens (including phenoxy) is 1. The lowest BCUT2D eigenvalue weighted by Crippen LogP contribution is -2.41. The number of amides is 1. The molecule has 1 aromatic carbocycles. The summed E-state index contributed by atoms with van der Waals surface area (Å²) in [7, 11) is 1.60. The van der Waals surface area contributed by atoms with Crippen LogP contribution in [0.2, 0.25) is 10.0 Å². The van der Waals surface area contributed by atoms with E-state index in [0.717, 1.165) is 43.7 Å². The molecule has 1 fully saturated rings. The molecule has 1 aliphatic heterocycles. The third-order valence-electron chi connectivity index (χ3n) is 5.39.